The van der Waals surface area contributed by atoms with Gasteiger partial charge in [0.1, 0.15) is 5.75 Å². The summed E-state index contributed by atoms with van der Waals surface area (Å²) < 4.78 is 5.29. The Morgan fingerprint density at radius 3 is 2.64 bits per heavy atom. The van der Waals surface area contributed by atoms with Crippen molar-refractivity contribution >= 4 is 15.9 Å². The highest BCUT2D eigenvalue weighted by molar-refractivity contribution is 9.08. The lowest BCUT2D eigenvalue weighted by molar-refractivity contribution is 0.410. The fraction of sp³-hybridized carbons (Fsp3) is 0.400. The van der Waals surface area contributed by atoms with Crippen molar-refractivity contribution in [2.75, 3.05) is 7.11 Å². The summed E-state index contributed by atoms with van der Waals surface area (Å²) in [5.74, 6) is 0.887. The van der Waals surface area contributed by atoms with Gasteiger partial charge in [-0.3, -0.25) is 0 Å². The maximum Gasteiger partial charge on any atom is 0.213 e. The first-order chi connectivity index (χ1) is 6.69. The van der Waals surface area contributed by atoms with E-state index in [0.29, 0.717) is 0 Å². The third-order valence-electron chi connectivity index (χ3n) is 2.38. The zero-order valence-electron chi connectivity index (χ0n) is 8.12. The Balaban J connectivity index is 2.37. The van der Waals surface area contributed by atoms with E-state index >= 15 is 0 Å². The van der Waals surface area contributed by atoms with Gasteiger partial charge in [-0.2, -0.15) is 10.2 Å². The number of methoxy groups -OCH3 is 1. The highest BCUT2D eigenvalue weighted by atomic mass is 79.9. The second-order valence-corrected chi connectivity index (χ2v) is 3.94. The van der Waals surface area contributed by atoms with Crippen molar-refractivity contribution in [1.82, 2.24) is 0 Å². The van der Waals surface area contributed by atoms with Crippen LogP contribution < -0.4 is 4.74 Å². The molecule has 1 heterocycles. The molecule has 0 saturated carbocycles. The van der Waals surface area contributed by atoms with Gasteiger partial charge < -0.3 is 4.74 Å². The number of halogens is 1. The first-order valence-corrected chi connectivity index (χ1v) is 5.49. The molecule has 0 fully saturated rings. The van der Waals surface area contributed by atoms with E-state index in [1.807, 2.05) is 25.1 Å². The second kappa shape index (κ2) is 3.35. The Hall–Kier alpha value is -0.900. The van der Waals surface area contributed by atoms with Gasteiger partial charge in [-0.25, -0.2) is 0 Å². The predicted molar refractivity (Wildman–Crippen MR) is 57.8 cm³/mol. The Morgan fingerprint density at radius 2 is 2.14 bits per heavy atom. The molecule has 1 aliphatic heterocycles. The zero-order chi connectivity index (χ0) is 10.2. The number of alkyl halides is 1. The van der Waals surface area contributed by atoms with Gasteiger partial charge in [0.2, 0.25) is 5.66 Å². The molecule has 3 nitrogen and oxygen atoms in total. The molecule has 0 radical (unpaired) electrons. The van der Waals surface area contributed by atoms with Gasteiger partial charge in [0.25, 0.3) is 0 Å². The van der Waals surface area contributed by atoms with Crippen LogP contribution in [0.2, 0.25) is 0 Å². The smallest absolute Gasteiger partial charge is 0.213 e. The summed E-state index contributed by atoms with van der Waals surface area (Å²) in [6.07, 6.45) is 0. The zero-order valence-corrected chi connectivity index (χ0v) is 9.71. The van der Waals surface area contributed by atoms with Gasteiger partial charge in [0.05, 0.1) is 7.11 Å². The normalized spacial score (nSPS) is 16.8. The van der Waals surface area contributed by atoms with Gasteiger partial charge in [-0.1, -0.05) is 28.1 Å². The van der Waals surface area contributed by atoms with Crippen LogP contribution in [0.25, 0.3) is 0 Å². The SMILES string of the molecule is COc1cc(C2(C)N=N2)ccc1CBr. The van der Waals surface area contributed by atoms with Crippen molar-refractivity contribution in [2.45, 2.75) is 17.9 Å². The summed E-state index contributed by atoms with van der Waals surface area (Å²) in [5.41, 5.74) is 1.90. The van der Waals surface area contributed by atoms with E-state index in [0.717, 1.165) is 22.2 Å². The number of nitrogens with zero attached hydrogens (tertiary/aromatic N) is 2. The summed E-state index contributed by atoms with van der Waals surface area (Å²) in [4.78, 5) is 0. The Morgan fingerprint density at radius 1 is 1.43 bits per heavy atom. The summed E-state index contributed by atoms with van der Waals surface area (Å²) in [6.45, 7) is 1.98. The van der Waals surface area contributed by atoms with E-state index in [1.54, 1.807) is 7.11 Å². The van der Waals surface area contributed by atoms with Gasteiger partial charge in [-0.05, 0) is 13.0 Å². The van der Waals surface area contributed by atoms with Crippen LogP contribution in [0.3, 0.4) is 0 Å². The summed E-state index contributed by atoms with van der Waals surface area (Å²) >= 11 is 3.41. The molecule has 1 aliphatic rings. The van der Waals surface area contributed by atoms with Crippen LogP contribution in [-0.4, -0.2) is 7.11 Å². The minimum Gasteiger partial charge on any atom is -0.496 e. The third kappa shape index (κ3) is 1.54. The van der Waals surface area contributed by atoms with Crippen LogP contribution in [0, 0.1) is 0 Å². The Kier molecular flexibility index (Phi) is 2.31. The molecule has 1 aromatic rings. The summed E-state index contributed by atoms with van der Waals surface area (Å²) in [6, 6.07) is 6.08. The van der Waals surface area contributed by atoms with Crippen LogP contribution in [-0.2, 0) is 11.0 Å². The first-order valence-electron chi connectivity index (χ1n) is 4.37. The molecule has 0 N–H and O–H groups in total. The molecular formula is C10H11BrN2O. The lowest BCUT2D eigenvalue weighted by atomic mass is 10.0. The van der Waals surface area contributed by atoms with Crippen molar-refractivity contribution in [2.24, 2.45) is 10.2 Å². The van der Waals surface area contributed by atoms with Crippen molar-refractivity contribution in [3.63, 3.8) is 0 Å². The van der Waals surface area contributed by atoms with E-state index in [1.165, 1.54) is 0 Å². The van der Waals surface area contributed by atoms with Crippen molar-refractivity contribution in [1.29, 1.82) is 0 Å². The van der Waals surface area contributed by atoms with Crippen LogP contribution >= 0.6 is 15.9 Å². The van der Waals surface area contributed by atoms with Gasteiger partial charge >= 0.3 is 0 Å². The third-order valence-corrected chi connectivity index (χ3v) is 2.98. The van der Waals surface area contributed by atoms with E-state index in [-0.39, 0.29) is 5.66 Å². The molecule has 1 aromatic carbocycles. The van der Waals surface area contributed by atoms with Crippen LogP contribution in [0.1, 0.15) is 18.1 Å². The fourth-order valence-electron chi connectivity index (χ4n) is 1.34. The lowest BCUT2D eigenvalue weighted by Crippen LogP contribution is -2.02. The molecule has 14 heavy (non-hydrogen) atoms. The number of hydrogen-bond donors (Lipinski definition) is 0. The average molecular weight is 255 g/mol. The minimum absolute atomic E-state index is 0.321. The predicted octanol–water partition coefficient (Wildman–Crippen LogP) is 3.23. The molecule has 0 bridgehead atoms. The average Bonchev–Trinajstić information content (AvgIpc) is 2.97. The van der Waals surface area contributed by atoms with E-state index in [2.05, 4.69) is 26.2 Å². The van der Waals surface area contributed by atoms with E-state index < -0.39 is 0 Å². The van der Waals surface area contributed by atoms with Crippen LogP contribution in [0.4, 0.5) is 0 Å². The van der Waals surface area contributed by atoms with E-state index in [4.69, 9.17) is 4.74 Å². The van der Waals surface area contributed by atoms with Gasteiger partial charge in [0, 0.05) is 16.5 Å². The molecule has 74 valence electrons. The second-order valence-electron chi connectivity index (χ2n) is 3.38. The summed E-state index contributed by atoms with van der Waals surface area (Å²) in [7, 11) is 1.68. The largest absolute Gasteiger partial charge is 0.496 e. The lowest BCUT2D eigenvalue weighted by Gasteiger charge is -2.10. The number of ether oxygens (including phenoxy) is 1. The van der Waals surface area contributed by atoms with E-state index in [9.17, 15) is 0 Å². The maximum absolute atomic E-state index is 5.29. The number of hydrogen-bond acceptors (Lipinski definition) is 3. The molecule has 0 aliphatic carbocycles. The topological polar surface area (TPSA) is 34.0 Å². The van der Waals surface area contributed by atoms with Gasteiger partial charge in [0.15, 0.2) is 0 Å². The highest BCUT2D eigenvalue weighted by Gasteiger charge is 2.36. The highest BCUT2D eigenvalue weighted by Crippen LogP contribution is 2.40. The Labute approximate surface area is 91.3 Å². The molecular weight excluding hydrogens is 244 g/mol. The molecule has 4 heteroatoms. The van der Waals surface area contributed by atoms with Gasteiger partial charge in [-0.15, -0.1) is 0 Å². The molecule has 0 saturated heterocycles. The number of rotatable bonds is 3. The molecule has 2 rings (SSSR count). The maximum atomic E-state index is 5.29. The quantitative estimate of drug-likeness (QED) is 0.763. The minimum atomic E-state index is -0.321. The van der Waals surface area contributed by atoms with Crippen molar-refractivity contribution in [3.8, 4) is 5.75 Å². The molecule has 0 unspecified atom stereocenters. The molecule has 0 atom stereocenters. The first kappa shape index (κ1) is 9.65. The Bertz CT molecular complexity index is 384. The molecule has 0 amide bonds. The van der Waals surface area contributed by atoms with Crippen LogP contribution in [0.5, 0.6) is 5.75 Å². The summed E-state index contributed by atoms with van der Waals surface area (Å²) in [5, 5.41) is 8.78. The van der Waals surface area contributed by atoms with Crippen molar-refractivity contribution < 1.29 is 4.74 Å². The van der Waals surface area contributed by atoms with Crippen molar-refractivity contribution in [3.05, 3.63) is 29.3 Å². The molecule has 0 aromatic heterocycles. The standard InChI is InChI=1S/C10H11BrN2O/c1-10(12-13-10)8-4-3-7(6-11)9(5-8)14-2/h3-5H,6H2,1-2H3. The monoisotopic (exact) mass is 254 g/mol. The van der Waals surface area contributed by atoms with Crippen LogP contribution in [0.15, 0.2) is 28.4 Å². The molecule has 0 spiro atoms. The fourth-order valence-corrected chi connectivity index (χ4v) is 1.80. The number of benzene rings is 1.